The molecule has 144 valence electrons. The van der Waals surface area contributed by atoms with Crippen molar-refractivity contribution >= 4 is 0 Å². The lowest BCUT2D eigenvalue weighted by atomic mass is 9.95. The summed E-state index contributed by atoms with van der Waals surface area (Å²) in [6.45, 7) is -0.728. The summed E-state index contributed by atoms with van der Waals surface area (Å²) in [4.78, 5) is 0. The first-order chi connectivity index (χ1) is 12.0. The normalized spacial score (nSPS) is 16.7. The Hall–Kier alpha value is -2.00. The van der Waals surface area contributed by atoms with Gasteiger partial charge in [-0.3, -0.25) is 0 Å². The van der Waals surface area contributed by atoms with E-state index in [2.05, 4.69) is 0 Å². The summed E-state index contributed by atoms with van der Waals surface area (Å²) in [5.74, 6) is 0.506. The predicted molar refractivity (Wildman–Crippen MR) is 95.7 cm³/mol. The number of hydrogen-bond acceptors (Lipinski definition) is 6. The minimum Gasteiger partial charge on any atom is -0.487 e. The molecule has 0 aliphatic rings. The van der Waals surface area contributed by atoms with Gasteiger partial charge in [-0.1, -0.05) is 48.5 Å². The van der Waals surface area contributed by atoms with E-state index in [9.17, 15) is 20.4 Å². The molecule has 7 N–H and O–H groups in total. The number of benzene rings is 2. The Bertz CT molecular complexity index is 566. The Morgan fingerprint density at radius 3 is 1.81 bits per heavy atom. The van der Waals surface area contributed by atoms with E-state index in [1.165, 1.54) is 0 Å². The summed E-state index contributed by atoms with van der Waals surface area (Å²) in [7, 11) is 0. The molecule has 7 nitrogen and oxygen atoms in total. The van der Waals surface area contributed by atoms with E-state index in [1.807, 2.05) is 36.4 Å². The standard InChI is InChI=1S/C19H24O6.H2O/c20-12-15(21)17(22)19(24)18(23)16(11-13-7-3-1-4-8-13)25-14-9-5-2-6-10-14;/h1-10,15-24H,11-12H2;1H2. The van der Waals surface area contributed by atoms with Crippen LogP contribution in [0.25, 0.3) is 0 Å². The average Bonchev–Trinajstić information content (AvgIpc) is 2.66. The van der Waals surface area contributed by atoms with Gasteiger partial charge in [-0.15, -0.1) is 0 Å². The van der Waals surface area contributed by atoms with Crippen LogP contribution in [-0.2, 0) is 6.42 Å². The third-order valence-electron chi connectivity index (χ3n) is 3.97. The highest BCUT2D eigenvalue weighted by Gasteiger charge is 2.36. The molecule has 2 rings (SSSR count). The number of para-hydroxylation sites is 1. The summed E-state index contributed by atoms with van der Waals surface area (Å²) in [5.41, 5.74) is 0.881. The zero-order chi connectivity index (χ0) is 18.2. The molecule has 0 aromatic heterocycles. The minimum atomic E-state index is -1.70. The van der Waals surface area contributed by atoms with Gasteiger partial charge in [0.05, 0.1) is 6.61 Å². The van der Waals surface area contributed by atoms with Crippen molar-refractivity contribution in [2.75, 3.05) is 6.61 Å². The van der Waals surface area contributed by atoms with E-state index in [1.54, 1.807) is 24.3 Å². The summed E-state index contributed by atoms with van der Waals surface area (Å²) >= 11 is 0. The number of aliphatic hydroxyl groups excluding tert-OH is 5. The van der Waals surface area contributed by atoms with E-state index in [4.69, 9.17) is 9.84 Å². The second kappa shape index (κ2) is 10.9. The lowest BCUT2D eigenvalue weighted by Gasteiger charge is -2.31. The van der Waals surface area contributed by atoms with Gasteiger partial charge in [-0.25, -0.2) is 0 Å². The van der Waals surface area contributed by atoms with Gasteiger partial charge < -0.3 is 35.7 Å². The lowest BCUT2D eigenvalue weighted by molar-refractivity contribution is -0.136. The Morgan fingerprint density at radius 1 is 0.731 bits per heavy atom. The van der Waals surface area contributed by atoms with Crippen molar-refractivity contribution in [2.45, 2.75) is 36.9 Å². The highest BCUT2D eigenvalue weighted by atomic mass is 16.5. The zero-order valence-electron chi connectivity index (χ0n) is 14.2. The van der Waals surface area contributed by atoms with Crippen LogP contribution in [0.15, 0.2) is 60.7 Å². The number of hydrogen-bond donors (Lipinski definition) is 5. The van der Waals surface area contributed by atoms with E-state index < -0.39 is 37.1 Å². The number of ether oxygens (including phenoxy) is 1. The maximum absolute atomic E-state index is 10.5. The lowest BCUT2D eigenvalue weighted by Crippen LogP contribution is -2.52. The van der Waals surface area contributed by atoms with Crippen molar-refractivity contribution < 1.29 is 35.7 Å². The third-order valence-corrected chi connectivity index (χ3v) is 3.97. The molecular formula is C19H26O7. The first kappa shape index (κ1) is 22.0. The van der Waals surface area contributed by atoms with Gasteiger partial charge in [0.1, 0.15) is 36.3 Å². The van der Waals surface area contributed by atoms with Gasteiger partial charge in [0.25, 0.3) is 0 Å². The molecule has 7 heteroatoms. The van der Waals surface area contributed by atoms with Crippen molar-refractivity contribution in [1.82, 2.24) is 0 Å². The van der Waals surface area contributed by atoms with Gasteiger partial charge >= 0.3 is 0 Å². The fourth-order valence-electron chi connectivity index (χ4n) is 2.51. The molecule has 2 aromatic rings. The molecule has 26 heavy (non-hydrogen) atoms. The van der Waals surface area contributed by atoms with Crippen LogP contribution in [-0.4, -0.2) is 68.1 Å². The molecule has 0 aliphatic heterocycles. The Morgan fingerprint density at radius 2 is 1.27 bits per heavy atom. The first-order valence-electron chi connectivity index (χ1n) is 8.11. The molecule has 0 fully saturated rings. The maximum Gasteiger partial charge on any atom is 0.131 e. The second-order valence-corrected chi connectivity index (χ2v) is 5.88. The predicted octanol–water partition coefficient (Wildman–Crippen LogP) is -0.712. The van der Waals surface area contributed by atoms with E-state index >= 15 is 0 Å². The summed E-state index contributed by atoms with van der Waals surface area (Å²) < 4.78 is 5.80. The SMILES string of the molecule is O.OCC(O)C(O)C(O)C(O)C(Cc1ccccc1)Oc1ccccc1. The van der Waals surface area contributed by atoms with Crippen LogP contribution in [0.5, 0.6) is 5.75 Å². The van der Waals surface area contributed by atoms with E-state index in [0.29, 0.717) is 5.75 Å². The fourth-order valence-corrected chi connectivity index (χ4v) is 2.51. The third kappa shape index (κ3) is 6.06. The van der Waals surface area contributed by atoms with Crippen LogP contribution in [0.2, 0.25) is 0 Å². The molecule has 0 bridgehead atoms. The Kier molecular flexibility index (Phi) is 9.22. The monoisotopic (exact) mass is 366 g/mol. The smallest absolute Gasteiger partial charge is 0.131 e. The van der Waals surface area contributed by atoms with Gasteiger partial charge in [-0.05, 0) is 17.7 Å². The molecule has 0 saturated heterocycles. The van der Waals surface area contributed by atoms with E-state index in [0.717, 1.165) is 5.56 Å². The van der Waals surface area contributed by atoms with Gasteiger partial charge in [0.15, 0.2) is 0 Å². The van der Waals surface area contributed by atoms with Crippen LogP contribution >= 0.6 is 0 Å². The van der Waals surface area contributed by atoms with Crippen LogP contribution in [0, 0.1) is 0 Å². The fraction of sp³-hybridized carbons (Fsp3) is 0.368. The zero-order valence-corrected chi connectivity index (χ0v) is 14.2. The highest BCUT2D eigenvalue weighted by molar-refractivity contribution is 5.22. The van der Waals surface area contributed by atoms with Gasteiger partial charge in [0.2, 0.25) is 0 Å². The Labute approximate surface area is 152 Å². The molecule has 5 unspecified atom stereocenters. The van der Waals surface area contributed by atoms with E-state index in [-0.39, 0.29) is 11.9 Å². The molecule has 0 radical (unpaired) electrons. The van der Waals surface area contributed by atoms with Gasteiger partial charge in [-0.2, -0.15) is 0 Å². The average molecular weight is 366 g/mol. The van der Waals surface area contributed by atoms with Crippen LogP contribution in [0.1, 0.15) is 5.56 Å². The Balaban J connectivity index is 0.00000338. The van der Waals surface area contributed by atoms with Crippen molar-refractivity contribution in [3.8, 4) is 5.75 Å². The van der Waals surface area contributed by atoms with Gasteiger partial charge in [0, 0.05) is 6.42 Å². The molecule has 5 atom stereocenters. The van der Waals surface area contributed by atoms with Crippen LogP contribution in [0.3, 0.4) is 0 Å². The van der Waals surface area contributed by atoms with Crippen LogP contribution < -0.4 is 4.74 Å². The second-order valence-electron chi connectivity index (χ2n) is 5.88. The quantitative estimate of drug-likeness (QED) is 0.397. The molecule has 0 saturated carbocycles. The summed E-state index contributed by atoms with van der Waals surface area (Å²) in [6, 6.07) is 18.1. The van der Waals surface area contributed by atoms with Crippen LogP contribution in [0.4, 0.5) is 0 Å². The molecule has 0 heterocycles. The molecule has 0 aliphatic carbocycles. The largest absolute Gasteiger partial charge is 0.487 e. The molecule has 0 spiro atoms. The molecule has 2 aromatic carbocycles. The molecule has 0 amide bonds. The number of rotatable bonds is 9. The highest BCUT2D eigenvalue weighted by Crippen LogP contribution is 2.19. The van der Waals surface area contributed by atoms with Crippen molar-refractivity contribution in [1.29, 1.82) is 0 Å². The van der Waals surface area contributed by atoms with Crippen molar-refractivity contribution in [3.05, 3.63) is 66.2 Å². The maximum atomic E-state index is 10.5. The van der Waals surface area contributed by atoms with Crippen molar-refractivity contribution in [2.24, 2.45) is 0 Å². The number of aliphatic hydroxyl groups is 5. The minimum absolute atomic E-state index is 0. The first-order valence-corrected chi connectivity index (χ1v) is 8.11. The van der Waals surface area contributed by atoms with Crippen molar-refractivity contribution in [3.63, 3.8) is 0 Å². The summed E-state index contributed by atoms with van der Waals surface area (Å²) in [5, 5.41) is 48.9. The topological polar surface area (TPSA) is 142 Å². The summed E-state index contributed by atoms with van der Waals surface area (Å²) in [6.07, 6.45) is -6.98. The molecular weight excluding hydrogens is 340 g/mol.